The fraction of sp³-hybridized carbons (Fsp3) is 0.333. The molecule has 0 unspecified atom stereocenters. The molecular formula is C27H33N5O3. The smallest absolute Gasteiger partial charge is 0.291 e. The van der Waals surface area contributed by atoms with Crippen molar-refractivity contribution in [1.29, 1.82) is 0 Å². The first-order valence-electron chi connectivity index (χ1n) is 12.0. The summed E-state index contributed by atoms with van der Waals surface area (Å²) in [4.78, 5) is 30.2. The molecule has 1 fully saturated rings. The van der Waals surface area contributed by atoms with Crippen molar-refractivity contribution < 1.29 is 14.0 Å². The highest BCUT2D eigenvalue weighted by Crippen LogP contribution is 2.30. The number of benzene rings is 2. The number of para-hydroxylation sites is 1. The summed E-state index contributed by atoms with van der Waals surface area (Å²) in [5, 5.41) is 5.84. The monoisotopic (exact) mass is 475 g/mol. The average Bonchev–Trinajstić information content (AvgIpc) is 3.31. The number of aryl methyl sites for hydroxylation is 2. The van der Waals surface area contributed by atoms with Gasteiger partial charge in [0, 0.05) is 44.0 Å². The summed E-state index contributed by atoms with van der Waals surface area (Å²) in [5.41, 5.74) is 9.98. The number of carbonyl (C=O) groups excluding carboxylic acids is 2. The molecule has 0 bridgehead atoms. The minimum absolute atomic E-state index is 0.196. The highest BCUT2D eigenvalue weighted by Gasteiger charge is 2.23. The summed E-state index contributed by atoms with van der Waals surface area (Å²) in [5.74, 6) is 0.351. The van der Waals surface area contributed by atoms with E-state index in [0.717, 1.165) is 31.9 Å². The van der Waals surface area contributed by atoms with E-state index in [1.807, 2.05) is 6.07 Å². The van der Waals surface area contributed by atoms with Crippen molar-refractivity contribution in [3.8, 4) is 0 Å². The van der Waals surface area contributed by atoms with Crippen molar-refractivity contribution in [2.45, 2.75) is 20.3 Å². The summed E-state index contributed by atoms with van der Waals surface area (Å²) in [6.07, 6.45) is 0.705. The van der Waals surface area contributed by atoms with Gasteiger partial charge in [0.15, 0.2) is 5.76 Å². The molecule has 0 aliphatic carbocycles. The molecule has 8 heteroatoms. The Labute approximate surface area is 206 Å². The fourth-order valence-electron chi connectivity index (χ4n) is 4.31. The van der Waals surface area contributed by atoms with Gasteiger partial charge >= 0.3 is 0 Å². The number of furan rings is 1. The molecule has 4 rings (SSSR count). The SMILES string of the molecule is Cc1ccc(C(=O)Nc2cc(C(=O)NCCCN)ccc2N2CCN(c3ccccc3C)CC2)o1. The second kappa shape index (κ2) is 11.1. The first kappa shape index (κ1) is 24.3. The Hall–Kier alpha value is -3.78. The van der Waals surface area contributed by atoms with Crippen molar-refractivity contribution in [3.63, 3.8) is 0 Å². The molecule has 4 N–H and O–H groups in total. The number of carbonyl (C=O) groups is 2. The van der Waals surface area contributed by atoms with Crippen LogP contribution in [0.1, 0.15) is 38.7 Å². The predicted octanol–water partition coefficient (Wildman–Crippen LogP) is 3.55. The standard InChI is InChI=1S/C27H33N5O3/c1-19-6-3-4-7-23(19)31-14-16-32(17-15-31)24-10-9-21(26(33)29-13-5-12-28)18-22(24)30-27(34)25-11-8-20(2)35-25/h3-4,6-11,18H,5,12-17,28H2,1-2H3,(H,29,33)(H,30,34). The quantitative estimate of drug-likeness (QED) is 0.431. The molecule has 3 aromatic rings. The van der Waals surface area contributed by atoms with Crippen LogP contribution in [0.15, 0.2) is 59.0 Å². The number of hydrogen-bond acceptors (Lipinski definition) is 6. The molecular weight excluding hydrogens is 442 g/mol. The number of nitrogens with zero attached hydrogens (tertiary/aromatic N) is 2. The molecule has 0 atom stereocenters. The predicted molar refractivity (Wildman–Crippen MR) is 139 cm³/mol. The summed E-state index contributed by atoms with van der Waals surface area (Å²) in [7, 11) is 0. The minimum atomic E-state index is -0.349. The lowest BCUT2D eigenvalue weighted by Crippen LogP contribution is -2.47. The Morgan fingerprint density at radius 1 is 0.914 bits per heavy atom. The Balaban J connectivity index is 1.55. The zero-order valence-electron chi connectivity index (χ0n) is 20.3. The fourth-order valence-corrected chi connectivity index (χ4v) is 4.31. The van der Waals surface area contributed by atoms with Crippen molar-refractivity contribution >= 4 is 28.9 Å². The Kier molecular flexibility index (Phi) is 7.72. The molecule has 35 heavy (non-hydrogen) atoms. The topological polar surface area (TPSA) is 104 Å². The summed E-state index contributed by atoms with van der Waals surface area (Å²) in [6.45, 7) is 8.24. The van der Waals surface area contributed by atoms with Gasteiger partial charge in [0.25, 0.3) is 11.8 Å². The highest BCUT2D eigenvalue weighted by atomic mass is 16.3. The maximum Gasteiger partial charge on any atom is 0.291 e. The number of hydrogen-bond donors (Lipinski definition) is 3. The van der Waals surface area contributed by atoms with Crippen molar-refractivity contribution in [2.24, 2.45) is 5.73 Å². The normalized spacial score (nSPS) is 13.6. The molecule has 2 heterocycles. The zero-order valence-corrected chi connectivity index (χ0v) is 20.3. The largest absolute Gasteiger partial charge is 0.456 e. The van der Waals surface area contributed by atoms with Crippen molar-refractivity contribution in [1.82, 2.24) is 5.32 Å². The molecule has 1 aliphatic rings. The third-order valence-corrected chi connectivity index (χ3v) is 6.21. The summed E-state index contributed by atoms with van der Waals surface area (Å²) < 4.78 is 5.50. The van der Waals surface area contributed by atoms with Crippen LogP contribution in [0.2, 0.25) is 0 Å². The summed E-state index contributed by atoms with van der Waals surface area (Å²) in [6, 6.07) is 17.2. The van der Waals surface area contributed by atoms with E-state index < -0.39 is 0 Å². The van der Waals surface area contributed by atoms with E-state index in [4.69, 9.17) is 10.2 Å². The second-order valence-corrected chi connectivity index (χ2v) is 8.76. The number of nitrogens with one attached hydrogen (secondary N) is 2. The molecule has 8 nitrogen and oxygen atoms in total. The second-order valence-electron chi connectivity index (χ2n) is 8.76. The number of anilines is 3. The molecule has 2 amide bonds. The molecule has 2 aromatic carbocycles. The lowest BCUT2D eigenvalue weighted by atomic mass is 10.1. The van der Waals surface area contributed by atoms with Gasteiger partial charge in [-0.15, -0.1) is 0 Å². The molecule has 184 valence electrons. The van der Waals surface area contributed by atoms with Crippen LogP contribution < -0.4 is 26.2 Å². The van der Waals surface area contributed by atoms with Gasteiger partial charge in [-0.25, -0.2) is 0 Å². The number of rotatable bonds is 8. The van der Waals surface area contributed by atoms with Crippen LogP contribution in [0.3, 0.4) is 0 Å². The maximum absolute atomic E-state index is 12.9. The molecule has 0 radical (unpaired) electrons. The van der Waals surface area contributed by atoms with Gasteiger partial charge in [-0.1, -0.05) is 18.2 Å². The van der Waals surface area contributed by atoms with E-state index >= 15 is 0 Å². The molecule has 1 aromatic heterocycles. The minimum Gasteiger partial charge on any atom is -0.456 e. The van der Waals surface area contributed by atoms with Crippen LogP contribution in [-0.4, -0.2) is 51.1 Å². The van der Waals surface area contributed by atoms with Crippen molar-refractivity contribution in [2.75, 3.05) is 54.4 Å². The average molecular weight is 476 g/mol. The third-order valence-electron chi connectivity index (χ3n) is 6.21. The van der Waals surface area contributed by atoms with Gasteiger partial charge in [0.05, 0.1) is 11.4 Å². The van der Waals surface area contributed by atoms with E-state index in [-0.39, 0.29) is 17.6 Å². The van der Waals surface area contributed by atoms with Crippen LogP contribution >= 0.6 is 0 Å². The van der Waals surface area contributed by atoms with Crippen LogP contribution in [0.5, 0.6) is 0 Å². The molecule has 1 saturated heterocycles. The van der Waals surface area contributed by atoms with Gasteiger partial charge < -0.3 is 30.6 Å². The number of piperazine rings is 1. The lowest BCUT2D eigenvalue weighted by molar-refractivity contribution is 0.0951. The van der Waals surface area contributed by atoms with Crippen molar-refractivity contribution in [3.05, 3.63) is 77.2 Å². The van der Waals surface area contributed by atoms with Crippen LogP contribution in [-0.2, 0) is 0 Å². The van der Waals surface area contributed by atoms with Gasteiger partial charge in [0.1, 0.15) is 5.76 Å². The third kappa shape index (κ3) is 5.84. The Morgan fingerprint density at radius 2 is 1.63 bits per heavy atom. The van der Waals surface area contributed by atoms with Gasteiger partial charge in [-0.2, -0.15) is 0 Å². The molecule has 1 aliphatic heterocycles. The molecule has 0 spiro atoms. The van der Waals surface area contributed by atoms with E-state index in [1.54, 1.807) is 31.2 Å². The van der Waals surface area contributed by atoms with E-state index in [9.17, 15) is 9.59 Å². The van der Waals surface area contributed by atoms with Gasteiger partial charge in [-0.05, 0) is 68.8 Å². The first-order valence-corrected chi connectivity index (χ1v) is 12.0. The summed E-state index contributed by atoms with van der Waals surface area (Å²) >= 11 is 0. The van der Waals surface area contributed by atoms with Crippen LogP contribution in [0.4, 0.5) is 17.1 Å². The van der Waals surface area contributed by atoms with Gasteiger partial charge in [0.2, 0.25) is 0 Å². The Bertz CT molecular complexity index is 1180. The van der Waals surface area contributed by atoms with E-state index in [0.29, 0.717) is 36.5 Å². The van der Waals surface area contributed by atoms with Crippen LogP contribution in [0, 0.1) is 13.8 Å². The van der Waals surface area contributed by atoms with E-state index in [2.05, 4.69) is 51.6 Å². The molecule has 0 saturated carbocycles. The first-order chi connectivity index (χ1) is 17.0. The van der Waals surface area contributed by atoms with Crippen LogP contribution in [0.25, 0.3) is 0 Å². The zero-order chi connectivity index (χ0) is 24.8. The maximum atomic E-state index is 12.9. The van der Waals surface area contributed by atoms with Gasteiger partial charge in [-0.3, -0.25) is 9.59 Å². The highest BCUT2D eigenvalue weighted by molar-refractivity contribution is 6.05. The van der Waals surface area contributed by atoms with E-state index in [1.165, 1.54) is 11.3 Å². The number of amides is 2. The Morgan fingerprint density at radius 3 is 2.29 bits per heavy atom. The number of nitrogens with two attached hydrogens (primary N) is 1. The lowest BCUT2D eigenvalue weighted by Gasteiger charge is -2.38.